The summed E-state index contributed by atoms with van der Waals surface area (Å²) in [5, 5.41) is 20.8. The molecule has 5 nitrogen and oxygen atoms in total. The summed E-state index contributed by atoms with van der Waals surface area (Å²) in [5.74, 6) is -0.337. The first-order chi connectivity index (χ1) is 40.6. The van der Waals surface area contributed by atoms with Crippen molar-refractivity contribution in [2.24, 2.45) is 0 Å². The van der Waals surface area contributed by atoms with Gasteiger partial charge in [-0.2, -0.15) is 21.6 Å². The van der Waals surface area contributed by atoms with Gasteiger partial charge in [-0.15, -0.1) is 0 Å². The number of hydrogen-bond donors (Lipinski definition) is 0. The van der Waals surface area contributed by atoms with Crippen molar-refractivity contribution >= 4 is 152 Å². The molecule has 0 aliphatic rings. The number of hydrogen-bond acceptors (Lipinski definition) is 5. The molecule has 83 heavy (non-hydrogen) atoms. The van der Waals surface area contributed by atoms with Crippen molar-refractivity contribution in [3.63, 3.8) is 0 Å². The van der Waals surface area contributed by atoms with E-state index in [1.807, 2.05) is 55.5 Å². The van der Waals surface area contributed by atoms with E-state index in [0.717, 1.165) is 77.4 Å². The zero-order chi connectivity index (χ0) is 56.1. The van der Waals surface area contributed by atoms with Crippen LogP contribution in [0.3, 0.4) is 0 Å². The molecule has 16 aromatic rings. The van der Waals surface area contributed by atoms with Crippen molar-refractivity contribution in [1.29, 1.82) is 0 Å². The molecule has 0 unspecified atom stereocenters. The molecule has 398 valence electrons. The molecule has 0 amide bonds. The first-order valence-electron chi connectivity index (χ1n) is 27.4. The maximum absolute atomic E-state index is 13.2. The zero-order valence-electron chi connectivity index (χ0n) is 44.6. The molecule has 0 aliphatic carbocycles. The van der Waals surface area contributed by atoms with E-state index < -0.39 is 15.6 Å². The molecule has 0 aromatic heterocycles. The van der Waals surface area contributed by atoms with Gasteiger partial charge >= 0.3 is 15.6 Å². The number of aryl methyl sites for hydroxylation is 1. The maximum Gasteiger partial charge on any atom is 0.534 e. The summed E-state index contributed by atoms with van der Waals surface area (Å²) in [6, 6.07) is 92.5. The van der Waals surface area contributed by atoms with Gasteiger partial charge in [0.2, 0.25) is 0 Å². The summed E-state index contributed by atoms with van der Waals surface area (Å²) in [7, 11) is -5.84. The third-order valence-electron chi connectivity index (χ3n) is 16.4. The fourth-order valence-corrected chi connectivity index (χ4v) is 13.6. The highest BCUT2D eigenvalue weighted by Gasteiger charge is 2.49. The van der Waals surface area contributed by atoms with Crippen molar-refractivity contribution in [2.45, 2.75) is 12.4 Å². The van der Waals surface area contributed by atoms with Gasteiger partial charge in [-0.3, -0.25) is 0 Å². The number of alkyl halides is 3. The Bertz CT molecular complexity index is 5040. The molecular formula is C74H47F3N2O3S. The molecule has 0 N–H and O–H groups in total. The van der Waals surface area contributed by atoms with Gasteiger partial charge in [0.15, 0.2) is 5.75 Å². The van der Waals surface area contributed by atoms with Gasteiger partial charge in [0.1, 0.15) is 0 Å². The molecular weight excluding hydrogens is 1050 g/mol. The fraction of sp³-hybridized carbons (Fsp3) is 0.0270. The van der Waals surface area contributed by atoms with Crippen molar-refractivity contribution in [2.75, 3.05) is 9.80 Å². The van der Waals surface area contributed by atoms with Crippen LogP contribution in [0, 0.1) is 6.92 Å². The van der Waals surface area contributed by atoms with Crippen LogP contribution in [0.15, 0.2) is 267 Å². The molecule has 0 aliphatic heterocycles. The molecule has 0 bridgehead atoms. The Morgan fingerprint density at radius 1 is 0.289 bits per heavy atom. The highest BCUT2D eigenvalue weighted by Crippen LogP contribution is 2.54. The first-order valence-corrected chi connectivity index (χ1v) is 28.8. The van der Waals surface area contributed by atoms with Crippen LogP contribution in [0.25, 0.3) is 108 Å². The molecule has 0 saturated heterocycles. The number of fused-ring (bicyclic) bond motifs is 12. The Morgan fingerprint density at radius 2 is 0.554 bits per heavy atom. The molecule has 0 radical (unpaired) electrons. The predicted molar refractivity (Wildman–Crippen MR) is 340 cm³/mol. The average molecular weight is 1100 g/mol. The van der Waals surface area contributed by atoms with Gasteiger partial charge in [-0.05, 0) is 161 Å². The largest absolute Gasteiger partial charge is 0.534 e. The maximum atomic E-state index is 13.2. The molecule has 16 rings (SSSR count). The van der Waals surface area contributed by atoms with Crippen LogP contribution in [0.5, 0.6) is 5.75 Å². The number of halogens is 3. The van der Waals surface area contributed by atoms with E-state index >= 15 is 0 Å². The highest BCUT2D eigenvalue weighted by molar-refractivity contribution is 7.88. The summed E-state index contributed by atoms with van der Waals surface area (Å²) < 4.78 is 68.1. The van der Waals surface area contributed by atoms with Crippen molar-refractivity contribution in [3.05, 3.63) is 272 Å². The highest BCUT2D eigenvalue weighted by atomic mass is 32.2. The monoisotopic (exact) mass is 1100 g/mol. The molecule has 0 heterocycles. The summed E-state index contributed by atoms with van der Waals surface area (Å²) >= 11 is 0. The standard InChI is InChI=1S/C48H32N2.C26H15F3O3S/c1-5-17-33(18-6-1)49(34-19-7-2-8-20-34)43-31-29-41-38-26-14-16-28-40(38)46-44(50(35-21-9-3-10-22-35)36-23-11-4-12-24-36)32-30-42-37-25-13-15-27-39(37)45(43)47(41)48(42)46;1-14-10-11-19-16-7-3-5-9-18(16)23-21(32-33(30,31)26(27,28)29)13-12-20-15-6-2-4-8-17(15)22(14)24(19)25(20)23/h1-32H;2-13H,1H3. The van der Waals surface area contributed by atoms with Gasteiger partial charge < -0.3 is 14.0 Å². The third kappa shape index (κ3) is 7.79. The Hall–Kier alpha value is -10.2. The molecule has 0 atom stereocenters. The second-order valence-corrected chi connectivity index (χ2v) is 22.5. The van der Waals surface area contributed by atoms with Crippen molar-refractivity contribution < 1.29 is 25.8 Å². The Balaban J connectivity index is 0.000000154. The Labute approximate surface area is 475 Å². The smallest absolute Gasteiger partial charge is 0.375 e. The molecule has 0 fully saturated rings. The Kier molecular flexibility index (Phi) is 11.5. The second-order valence-electron chi connectivity index (χ2n) is 21.0. The normalized spacial score (nSPS) is 12.2. The van der Waals surface area contributed by atoms with Crippen molar-refractivity contribution in [1.82, 2.24) is 0 Å². The van der Waals surface area contributed by atoms with E-state index in [-0.39, 0.29) is 5.75 Å². The lowest BCUT2D eigenvalue weighted by Crippen LogP contribution is -2.28. The van der Waals surface area contributed by atoms with E-state index in [0.29, 0.717) is 16.2 Å². The van der Waals surface area contributed by atoms with E-state index in [2.05, 4.69) is 204 Å². The van der Waals surface area contributed by atoms with Crippen LogP contribution >= 0.6 is 0 Å². The van der Waals surface area contributed by atoms with Crippen LogP contribution < -0.4 is 14.0 Å². The minimum atomic E-state index is -5.84. The lowest BCUT2D eigenvalue weighted by Gasteiger charge is -2.31. The molecule has 16 aromatic carbocycles. The minimum absolute atomic E-state index is 0.337. The molecule has 9 heteroatoms. The van der Waals surface area contributed by atoms with Gasteiger partial charge in [0.25, 0.3) is 0 Å². The van der Waals surface area contributed by atoms with E-state index in [9.17, 15) is 21.6 Å². The van der Waals surface area contributed by atoms with Crippen LogP contribution in [0.2, 0.25) is 0 Å². The lowest BCUT2D eigenvalue weighted by molar-refractivity contribution is -0.0499. The van der Waals surface area contributed by atoms with Crippen molar-refractivity contribution in [3.8, 4) is 5.75 Å². The molecule has 0 saturated carbocycles. The van der Waals surface area contributed by atoms with Gasteiger partial charge in [0, 0.05) is 55.1 Å². The topological polar surface area (TPSA) is 49.9 Å². The quantitative estimate of drug-likeness (QED) is 0.0657. The third-order valence-corrected chi connectivity index (χ3v) is 17.4. The summed E-state index contributed by atoms with van der Waals surface area (Å²) in [5.41, 5.74) is 2.33. The fourth-order valence-electron chi connectivity index (χ4n) is 13.1. The summed E-state index contributed by atoms with van der Waals surface area (Å²) in [6.07, 6.45) is 0. The lowest BCUT2D eigenvalue weighted by atomic mass is 9.84. The van der Waals surface area contributed by atoms with E-state index in [1.54, 1.807) is 18.2 Å². The number of para-hydroxylation sites is 4. The number of benzene rings is 16. The zero-order valence-corrected chi connectivity index (χ0v) is 45.4. The Morgan fingerprint density at radius 3 is 0.916 bits per heavy atom. The van der Waals surface area contributed by atoms with E-state index in [1.165, 1.54) is 59.9 Å². The summed E-state index contributed by atoms with van der Waals surface area (Å²) in [4.78, 5) is 4.84. The average Bonchev–Trinajstić information content (AvgIpc) is 1.07. The van der Waals surface area contributed by atoms with Crippen LogP contribution in [-0.4, -0.2) is 13.9 Å². The van der Waals surface area contributed by atoms with Crippen LogP contribution in [0.1, 0.15) is 5.56 Å². The minimum Gasteiger partial charge on any atom is -0.375 e. The van der Waals surface area contributed by atoms with Gasteiger partial charge in [0.05, 0.1) is 11.4 Å². The SMILES string of the molecule is Cc1ccc2c3ccccc3c3c(OS(=O)(=O)C(F)(F)F)ccc4c5ccccc5c1c2c43.c1ccc(N(c2ccccc2)c2ccc3c4ccccc4c4c(N(c5ccccc5)c5ccccc5)ccc5c6ccccc6c2c3c54)cc1. The second kappa shape index (κ2) is 19.2. The number of nitrogens with zero attached hydrogens (tertiary/aromatic N) is 2. The molecule has 0 spiro atoms. The van der Waals surface area contributed by atoms with E-state index in [4.69, 9.17) is 4.18 Å². The number of anilines is 6. The number of rotatable bonds is 8. The first kappa shape index (κ1) is 49.8. The summed E-state index contributed by atoms with van der Waals surface area (Å²) in [6.45, 7) is 1.99. The van der Waals surface area contributed by atoms with Gasteiger partial charge in [-0.1, -0.05) is 194 Å². The van der Waals surface area contributed by atoms with Gasteiger partial charge in [-0.25, -0.2) is 0 Å². The van der Waals surface area contributed by atoms with Crippen LogP contribution in [0.4, 0.5) is 47.3 Å². The predicted octanol–water partition coefficient (Wildman–Crippen LogP) is 21.3. The van der Waals surface area contributed by atoms with Crippen LogP contribution in [-0.2, 0) is 10.1 Å².